The Morgan fingerprint density at radius 1 is 0.800 bits per heavy atom. The Balaban J connectivity index is 1.56. The Kier molecular flexibility index (Phi) is 6.46. The molecule has 148 valence electrons. The first-order chi connectivity index (χ1) is 14.8. The third kappa shape index (κ3) is 5.51. The molecule has 30 heavy (non-hydrogen) atoms. The molecule has 0 saturated carbocycles. The molecule has 2 heteroatoms. The Morgan fingerprint density at radius 3 is 2.13 bits per heavy atom. The molecular formula is C28H25NO. The van der Waals surface area contributed by atoms with E-state index >= 15 is 0 Å². The molecule has 0 aromatic heterocycles. The molecule has 1 atom stereocenters. The van der Waals surface area contributed by atoms with Crippen molar-refractivity contribution in [2.45, 2.75) is 19.3 Å². The molecular weight excluding hydrogens is 366 g/mol. The van der Waals surface area contributed by atoms with E-state index in [4.69, 9.17) is 0 Å². The summed E-state index contributed by atoms with van der Waals surface area (Å²) < 4.78 is 0. The highest BCUT2D eigenvalue weighted by Gasteiger charge is 2.15. The average molecular weight is 392 g/mol. The Labute approximate surface area is 178 Å². The van der Waals surface area contributed by atoms with Crippen molar-refractivity contribution in [1.82, 2.24) is 0 Å². The highest BCUT2D eigenvalue weighted by molar-refractivity contribution is 5.58. The zero-order valence-corrected chi connectivity index (χ0v) is 16.9. The first-order valence-corrected chi connectivity index (χ1v) is 10.4. The Bertz CT molecular complexity index is 1060. The standard InChI is InChI=1S/C28H25NO/c30-29-28-15-13-22(14-16-28)11-12-25-19-26(17-23-7-3-1-4-8-23)21-27(20-25)18-24-9-5-2-6-10-24/h1-16,19-20,26H,17-18,21H2/b12-11+. The molecule has 3 aromatic carbocycles. The fraction of sp³-hybridized carbons (Fsp3) is 0.143. The van der Waals surface area contributed by atoms with E-state index in [0.717, 1.165) is 24.8 Å². The number of nitrogens with zero attached hydrogens (tertiary/aromatic N) is 1. The molecule has 0 N–H and O–H groups in total. The third-order valence-corrected chi connectivity index (χ3v) is 5.40. The molecule has 1 unspecified atom stereocenters. The predicted molar refractivity (Wildman–Crippen MR) is 125 cm³/mol. The summed E-state index contributed by atoms with van der Waals surface area (Å²) >= 11 is 0. The van der Waals surface area contributed by atoms with Crippen molar-refractivity contribution in [1.29, 1.82) is 0 Å². The minimum absolute atomic E-state index is 0.456. The van der Waals surface area contributed by atoms with Gasteiger partial charge in [0, 0.05) is 0 Å². The van der Waals surface area contributed by atoms with E-state index in [1.54, 1.807) is 12.1 Å². The lowest BCUT2D eigenvalue weighted by Crippen LogP contribution is -2.09. The van der Waals surface area contributed by atoms with Crippen molar-refractivity contribution < 1.29 is 0 Å². The third-order valence-electron chi connectivity index (χ3n) is 5.40. The van der Waals surface area contributed by atoms with Crippen LogP contribution in [0.1, 0.15) is 23.1 Å². The zero-order valence-electron chi connectivity index (χ0n) is 16.9. The highest BCUT2D eigenvalue weighted by Crippen LogP contribution is 2.29. The van der Waals surface area contributed by atoms with Gasteiger partial charge in [0.05, 0.1) is 0 Å². The second-order valence-electron chi connectivity index (χ2n) is 7.80. The van der Waals surface area contributed by atoms with Crippen LogP contribution in [0.3, 0.4) is 0 Å². The van der Waals surface area contributed by atoms with Crippen molar-refractivity contribution >= 4 is 11.8 Å². The fourth-order valence-electron chi connectivity index (χ4n) is 3.98. The van der Waals surface area contributed by atoms with Crippen LogP contribution in [0.25, 0.3) is 6.08 Å². The SMILES string of the molecule is O=Nc1ccc(/C=C/C2=CC(Cc3ccccc3)CC(Cc3ccccc3)=C2)cc1. The predicted octanol–water partition coefficient (Wildman–Crippen LogP) is 7.46. The minimum atomic E-state index is 0.456. The quantitative estimate of drug-likeness (QED) is 0.384. The van der Waals surface area contributed by atoms with Crippen molar-refractivity contribution in [3.05, 3.63) is 136 Å². The number of allylic oxidation sites excluding steroid dienone is 5. The minimum Gasteiger partial charge on any atom is -0.145 e. The van der Waals surface area contributed by atoms with E-state index in [2.05, 4.69) is 90.1 Å². The monoisotopic (exact) mass is 391 g/mol. The first kappa shape index (κ1) is 19.8. The van der Waals surface area contributed by atoms with Gasteiger partial charge in [0.2, 0.25) is 0 Å². The Morgan fingerprint density at radius 2 is 1.47 bits per heavy atom. The number of benzene rings is 3. The normalized spacial score (nSPS) is 16.2. The summed E-state index contributed by atoms with van der Waals surface area (Å²) in [5.41, 5.74) is 6.95. The van der Waals surface area contributed by atoms with Crippen LogP contribution in [0.2, 0.25) is 0 Å². The van der Waals surface area contributed by atoms with Gasteiger partial charge in [0.1, 0.15) is 5.69 Å². The van der Waals surface area contributed by atoms with E-state index in [1.165, 1.54) is 22.3 Å². The summed E-state index contributed by atoms with van der Waals surface area (Å²) in [6.45, 7) is 0. The summed E-state index contributed by atoms with van der Waals surface area (Å²) in [5.74, 6) is 0.484. The van der Waals surface area contributed by atoms with Crippen molar-refractivity contribution in [3.8, 4) is 0 Å². The van der Waals surface area contributed by atoms with E-state index in [1.807, 2.05) is 12.1 Å². The van der Waals surface area contributed by atoms with Gasteiger partial charge in [-0.05, 0) is 64.8 Å². The molecule has 3 aromatic rings. The zero-order chi connectivity index (χ0) is 20.6. The lowest BCUT2D eigenvalue weighted by Gasteiger charge is -2.21. The van der Waals surface area contributed by atoms with Gasteiger partial charge in [0.15, 0.2) is 0 Å². The van der Waals surface area contributed by atoms with Gasteiger partial charge in [-0.15, -0.1) is 4.91 Å². The first-order valence-electron chi connectivity index (χ1n) is 10.4. The molecule has 1 aliphatic rings. The second kappa shape index (κ2) is 9.80. The molecule has 0 amide bonds. The summed E-state index contributed by atoms with van der Waals surface area (Å²) in [6.07, 6.45) is 12.1. The Hall–Kier alpha value is -3.52. The van der Waals surface area contributed by atoms with Crippen LogP contribution < -0.4 is 0 Å². The van der Waals surface area contributed by atoms with Gasteiger partial charge in [-0.1, -0.05) is 103 Å². The average Bonchev–Trinajstić information content (AvgIpc) is 2.79. The van der Waals surface area contributed by atoms with Crippen LogP contribution in [0.15, 0.2) is 119 Å². The maximum Gasteiger partial charge on any atom is 0.108 e. The lowest BCUT2D eigenvalue weighted by atomic mass is 9.83. The smallest absolute Gasteiger partial charge is 0.108 e. The van der Waals surface area contributed by atoms with E-state index in [-0.39, 0.29) is 0 Å². The van der Waals surface area contributed by atoms with Crippen molar-refractivity contribution in [2.24, 2.45) is 11.1 Å². The summed E-state index contributed by atoms with van der Waals surface area (Å²) in [5, 5.41) is 2.97. The molecule has 0 fully saturated rings. The molecule has 4 rings (SSSR count). The number of hydrogen-bond acceptors (Lipinski definition) is 2. The number of hydrogen-bond donors (Lipinski definition) is 0. The summed E-state index contributed by atoms with van der Waals surface area (Å²) in [6, 6.07) is 28.7. The van der Waals surface area contributed by atoms with E-state index in [9.17, 15) is 4.91 Å². The van der Waals surface area contributed by atoms with Gasteiger partial charge in [0.25, 0.3) is 0 Å². The topological polar surface area (TPSA) is 29.4 Å². The van der Waals surface area contributed by atoms with Crippen LogP contribution in [-0.2, 0) is 12.8 Å². The largest absolute Gasteiger partial charge is 0.145 e. The molecule has 0 heterocycles. The number of nitroso groups, excluding NO2 is 1. The van der Waals surface area contributed by atoms with Crippen molar-refractivity contribution in [3.63, 3.8) is 0 Å². The van der Waals surface area contributed by atoms with Gasteiger partial charge in [-0.2, -0.15) is 0 Å². The lowest BCUT2D eigenvalue weighted by molar-refractivity contribution is 0.620. The van der Waals surface area contributed by atoms with Crippen LogP contribution in [0.4, 0.5) is 5.69 Å². The maximum absolute atomic E-state index is 10.6. The molecule has 0 bridgehead atoms. The molecule has 0 spiro atoms. The van der Waals surface area contributed by atoms with E-state index < -0.39 is 0 Å². The second-order valence-corrected chi connectivity index (χ2v) is 7.80. The van der Waals surface area contributed by atoms with Gasteiger partial charge in [-0.3, -0.25) is 0 Å². The number of rotatable bonds is 7. The van der Waals surface area contributed by atoms with Crippen LogP contribution in [0, 0.1) is 10.8 Å². The van der Waals surface area contributed by atoms with E-state index in [0.29, 0.717) is 11.6 Å². The molecule has 1 aliphatic carbocycles. The van der Waals surface area contributed by atoms with Gasteiger partial charge in [-0.25, -0.2) is 0 Å². The molecule has 0 saturated heterocycles. The van der Waals surface area contributed by atoms with Crippen LogP contribution >= 0.6 is 0 Å². The fourth-order valence-corrected chi connectivity index (χ4v) is 3.98. The summed E-state index contributed by atoms with van der Waals surface area (Å²) in [7, 11) is 0. The highest BCUT2D eigenvalue weighted by atomic mass is 16.3. The van der Waals surface area contributed by atoms with Crippen molar-refractivity contribution in [2.75, 3.05) is 0 Å². The van der Waals surface area contributed by atoms with Gasteiger partial charge >= 0.3 is 0 Å². The summed E-state index contributed by atoms with van der Waals surface area (Å²) in [4.78, 5) is 10.6. The maximum atomic E-state index is 10.6. The molecule has 0 aliphatic heterocycles. The van der Waals surface area contributed by atoms with Gasteiger partial charge < -0.3 is 0 Å². The molecule has 2 nitrogen and oxygen atoms in total. The van der Waals surface area contributed by atoms with Crippen LogP contribution in [0.5, 0.6) is 0 Å². The molecule has 0 radical (unpaired) electrons. The van der Waals surface area contributed by atoms with Crippen LogP contribution in [-0.4, -0.2) is 0 Å².